The molecule has 0 unspecified atom stereocenters. The lowest BCUT2D eigenvalue weighted by atomic mass is 10.0. The van der Waals surface area contributed by atoms with E-state index >= 15 is 0 Å². The molecule has 0 radical (unpaired) electrons. The van der Waals surface area contributed by atoms with Crippen molar-refractivity contribution in [3.63, 3.8) is 0 Å². The first-order valence-corrected chi connectivity index (χ1v) is 6.10. The smallest absolute Gasteiger partial charge is 0.169 e. The number of nitrogens with zero attached hydrogens (tertiary/aromatic N) is 1. The van der Waals surface area contributed by atoms with E-state index in [9.17, 15) is 4.79 Å². The molecule has 1 heterocycles. The highest BCUT2D eigenvalue weighted by Crippen LogP contribution is 2.32. The van der Waals surface area contributed by atoms with Gasteiger partial charge in [-0.1, -0.05) is 0 Å². The molecule has 17 heavy (non-hydrogen) atoms. The van der Waals surface area contributed by atoms with Crippen molar-refractivity contribution in [2.24, 2.45) is 0 Å². The lowest BCUT2D eigenvalue weighted by Gasteiger charge is -2.10. The second-order valence-electron chi connectivity index (χ2n) is 3.76. The number of ether oxygens (including phenoxy) is 1. The third-order valence-corrected chi connectivity index (χ3v) is 3.72. The van der Waals surface area contributed by atoms with Crippen LogP contribution in [-0.2, 0) is 0 Å². The molecule has 0 amide bonds. The van der Waals surface area contributed by atoms with Crippen LogP contribution in [0.3, 0.4) is 0 Å². The zero-order chi connectivity index (χ0) is 12.4. The summed E-state index contributed by atoms with van der Waals surface area (Å²) in [5.41, 5.74) is 3.78. The predicted molar refractivity (Wildman–Crippen MR) is 69.0 cm³/mol. The van der Waals surface area contributed by atoms with Crippen molar-refractivity contribution < 1.29 is 9.53 Å². The van der Waals surface area contributed by atoms with Crippen molar-refractivity contribution in [3.8, 4) is 16.3 Å². The van der Waals surface area contributed by atoms with Gasteiger partial charge < -0.3 is 4.74 Å². The second kappa shape index (κ2) is 4.67. The van der Waals surface area contributed by atoms with E-state index in [1.807, 2.05) is 26.0 Å². The third-order valence-electron chi connectivity index (χ3n) is 2.83. The van der Waals surface area contributed by atoms with Gasteiger partial charge in [0, 0.05) is 10.9 Å². The number of aldehydes is 1. The third kappa shape index (κ3) is 2.08. The first-order valence-electron chi connectivity index (χ1n) is 5.22. The van der Waals surface area contributed by atoms with Gasteiger partial charge in [-0.05, 0) is 37.1 Å². The number of carbonyl (C=O) groups is 1. The van der Waals surface area contributed by atoms with Gasteiger partial charge in [0.1, 0.15) is 16.5 Å². The van der Waals surface area contributed by atoms with Crippen LogP contribution in [0.15, 0.2) is 17.5 Å². The highest BCUT2D eigenvalue weighted by molar-refractivity contribution is 7.13. The van der Waals surface area contributed by atoms with Gasteiger partial charge in [-0.2, -0.15) is 0 Å². The molecule has 1 aromatic carbocycles. The van der Waals surface area contributed by atoms with E-state index in [0.29, 0.717) is 5.69 Å². The highest BCUT2D eigenvalue weighted by Gasteiger charge is 2.11. The van der Waals surface area contributed by atoms with Crippen molar-refractivity contribution in [2.45, 2.75) is 13.8 Å². The molecule has 2 rings (SSSR count). The summed E-state index contributed by atoms with van der Waals surface area (Å²) in [6.45, 7) is 4.06. The Morgan fingerprint density at radius 3 is 2.65 bits per heavy atom. The number of methoxy groups -OCH3 is 1. The number of hydrogen-bond donors (Lipinski definition) is 0. The molecule has 0 N–H and O–H groups in total. The van der Waals surface area contributed by atoms with E-state index in [0.717, 1.165) is 33.7 Å². The zero-order valence-corrected chi connectivity index (χ0v) is 10.8. The lowest BCUT2D eigenvalue weighted by Crippen LogP contribution is -1.93. The zero-order valence-electron chi connectivity index (χ0n) is 9.98. The molecule has 2 aromatic rings. The molecule has 4 heteroatoms. The van der Waals surface area contributed by atoms with Crippen LogP contribution in [0.2, 0.25) is 0 Å². The molecule has 0 aliphatic carbocycles. The Morgan fingerprint density at radius 1 is 1.29 bits per heavy atom. The lowest BCUT2D eigenvalue weighted by molar-refractivity contribution is 0.111. The molecular formula is C13H13NO2S. The molecule has 0 fully saturated rings. The maximum atomic E-state index is 10.6. The Labute approximate surface area is 104 Å². The van der Waals surface area contributed by atoms with Crippen LogP contribution < -0.4 is 4.74 Å². The molecule has 0 saturated heterocycles. The molecule has 1 aromatic heterocycles. The summed E-state index contributed by atoms with van der Waals surface area (Å²) >= 11 is 1.48. The molecule has 3 nitrogen and oxygen atoms in total. The summed E-state index contributed by atoms with van der Waals surface area (Å²) in [5.74, 6) is 0.874. The molecule has 0 aliphatic rings. The van der Waals surface area contributed by atoms with Crippen molar-refractivity contribution >= 4 is 17.6 Å². The Hall–Kier alpha value is -1.68. The summed E-state index contributed by atoms with van der Waals surface area (Å²) in [7, 11) is 1.66. The Balaban J connectivity index is 2.52. The summed E-state index contributed by atoms with van der Waals surface area (Å²) in [5, 5.41) is 2.64. The number of aromatic nitrogens is 1. The van der Waals surface area contributed by atoms with Crippen molar-refractivity contribution in [1.29, 1.82) is 0 Å². The van der Waals surface area contributed by atoms with Crippen LogP contribution in [-0.4, -0.2) is 18.4 Å². The van der Waals surface area contributed by atoms with E-state index in [2.05, 4.69) is 4.98 Å². The predicted octanol–water partition coefficient (Wildman–Crippen LogP) is 3.25. The van der Waals surface area contributed by atoms with Gasteiger partial charge in [0.15, 0.2) is 6.29 Å². The number of hydrogen-bond acceptors (Lipinski definition) is 4. The van der Waals surface area contributed by atoms with Crippen LogP contribution in [0.25, 0.3) is 10.6 Å². The van der Waals surface area contributed by atoms with Gasteiger partial charge in [0.05, 0.1) is 7.11 Å². The fourth-order valence-electron chi connectivity index (χ4n) is 1.71. The molecular weight excluding hydrogens is 234 g/mol. The summed E-state index contributed by atoms with van der Waals surface area (Å²) in [4.78, 5) is 14.9. The van der Waals surface area contributed by atoms with Crippen LogP contribution >= 0.6 is 11.3 Å². The van der Waals surface area contributed by atoms with E-state index in [1.165, 1.54) is 11.3 Å². The summed E-state index contributed by atoms with van der Waals surface area (Å²) in [6.07, 6.45) is 0.770. The van der Waals surface area contributed by atoms with E-state index < -0.39 is 0 Å². The minimum absolute atomic E-state index is 0.484. The molecule has 0 saturated carbocycles. The first-order chi connectivity index (χ1) is 8.17. The number of carbonyl (C=O) groups excluding carboxylic acids is 1. The Morgan fingerprint density at radius 2 is 2.06 bits per heavy atom. The first kappa shape index (κ1) is 11.8. The molecule has 0 spiro atoms. The molecule has 88 valence electrons. The maximum absolute atomic E-state index is 10.6. The topological polar surface area (TPSA) is 39.2 Å². The van der Waals surface area contributed by atoms with Gasteiger partial charge in [0.25, 0.3) is 0 Å². The largest absolute Gasteiger partial charge is 0.496 e. The van der Waals surface area contributed by atoms with Gasteiger partial charge in [-0.3, -0.25) is 4.79 Å². The SMILES string of the molecule is COc1ccc(-c2nc(C=O)cs2)c(C)c1C. The van der Waals surface area contributed by atoms with E-state index in [-0.39, 0.29) is 0 Å². The fourth-order valence-corrected chi connectivity index (χ4v) is 2.56. The molecule has 0 atom stereocenters. The highest BCUT2D eigenvalue weighted by atomic mass is 32.1. The van der Waals surface area contributed by atoms with Crippen LogP contribution in [0.1, 0.15) is 21.6 Å². The quantitative estimate of drug-likeness (QED) is 0.781. The van der Waals surface area contributed by atoms with E-state index in [4.69, 9.17) is 4.74 Å². The number of rotatable bonds is 3. The van der Waals surface area contributed by atoms with Gasteiger partial charge in [-0.25, -0.2) is 4.98 Å². The minimum atomic E-state index is 0.484. The number of thiazole rings is 1. The van der Waals surface area contributed by atoms with Crippen molar-refractivity contribution in [2.75, 3.05) is 7.11 Å². The molecule has 0 aliphatic heterocycles. The van der Waals surface area contributed by atoms with Gasteiger partial charge >= 0.3 is 0 Å². The summed E-state index contributed by atoms with van der Waals surface area (Å²) < 4.78 is 5.27. The Kier molecular flexibility index (Phi) is 3.24. The van der Waals surface area contributed by atoms with Crippen LogP contribution in [0, 0.1) is 13.8 Å². The summed E-state index contributed by atoms with van der Waals surface area (Å²) in [6, 6.07) is 3.91. The standard InChI is InChI=1S/C13H13NO2S/c1-8-9(2)12(16-3)5-4-11(8)13-14-10(6-15)7-17-13/h4-7H,1-3H3. The average molecular weight is 247 g/mol. The molecule has 0 bridgehead atoms. The van der Waals surface area contributed by atoms with Gasteiger partial charge in [-0.15, -0.1) is 11.3 Å². The van der Waals surface area contributed by atoms with Gasteiger partial charge in [0.2, 0.25) is 0 Å². The maximum Gasteiger partial charge on any atom is 0.169 e. The monoisotopic (exact) mass is 247 g/mol. The Bertz CT molecular complexity index is 561. The van der Waals surface area contributed by atoms with Crippen molar-refractivity contribution in [1.82, 2.24) is 4.98 Å². The fraction of sp³-hybridized carbons (Fsp3) is 0.231. The van der Waals surface area contributed by atoms with Crippen molar-refractivity contribution in [3.05, 3.63) is 34.3 Å². The normalized spacial score (nSPS) is 10.3. The average Bonchev–Trinajstić information content (AvgIpc) is 2.81. The van der Waals surface area contributed by atoms with Crippen LogP contribution in [0.5, 0.6) is 5.75 Å². The number of benzene rings is 1. The minimum Gasteiger partial charge on any atom is -0.496 e. The second-order valence-corrected chi connectivity index (χ2v) is 4.62. The van der Waals surface area contributed by atoms with Crippen LogP contribution in [0.4, 0.5) is 0 Å². The van der Waals surface area contributed by atoms with E-state index in [1.54, 1.807) is 12.5 Å².